The Labute approximate surface area is 132 Å². The van der Waals surface area contributed by atoms with Gasteiger partial charge in [-0.1, -0.05) is 6.07 Å². The Kier molecular flexibility index (Phi) is 3.69. The number of nitro groups is 1. The van der Waals surface area contributed by atoms with Gasteiger partial charge >= 0.3 is 0 Å². The van der Waals surface area contributed by atoms with E-state index in [0.29, 0.717) is 17.9 Å². The summed E-state index contributed by atoms with van der Waals surface area (Å²) >= 11 is 0. The van der Waals surface area contributed by atoms with Gasteiger partial charge in [0.2, 0.25) is 0 Å². The first-order chi connectivity index (χ1) is 11.1. The van der Waals surface area contributed by atoms with Crippen LogP contribution in [0.3, 0.4) is 0 Å². The second-order valence-corrected chi connectivity index (χ2v) is 5.08. The fourth-order valence-electron chi connectivity index (χ4n) is 2.55. The Balaban J connectivity index is 2.03. The minimum absolute atomic E-state index is 0.0595. The normalized spacial score (nSPS) is 10.4. The van der Waals surface area contributed by atoms with Crippen LogP contribution in [0, 0.1) is 21.4 Å². The summed E-state index contributed by atoms with van der Waals surface area (Å²) in [5, 5.41) is 20.8. The maximum Gasteiger partial charge on any atom is 0.271 e. The van der Waals surface area contributed by atoms with Gasteiger partial charge in [0.15, 0.2) is 0 Å². The molecule has 0 aliphatic heterocycles. The van der Waals surface area contributed by atoms with Crippen molar-refractivity contribution in [2.45, 2.75) is 6.54 Å². The summed E-state index contributed by atoms with van der Waals surface area (Å²) in [7, 11) is 1.55. The van der Waals surface area contributed by atoms with Gasteiger partial charge < -0.3 is 9.30 Å². The van der Waals surface area contributed by atoms with Crippen LogP contribution >= 0.6 is 0 Å². The molecule has 6 nitrogen and oxygen atoms in total. The van der Waals surface area contributed by atoms with Crippen LogP contribution in [0.4, 0.5) is 5.69 Å². The molecule has 0 aliphatic rings. The van der Waals surface area contributed by atoms with Crippen LogP contribution in [0.2, 0.25) is 0 Å². The predicted octanol–water partition coefficient (Wildman–Crippen LogP) is 3.48. The molecule has 0 unspecified atom stereocenters. The number of benzene rings is 2. The van der Waals surface area contributed by atoms with Gasteiger partial charge in [-0.15, -0.1) is 0 Å². The fraction of sp³-hybridized carbons (Fsp3) is 0.118. The highest BCUT2D eigenvalue weighted by atomic mass is 16.6. The topological polar surface area (TPSA) is 81.1 Å². The highest BCUT2D eigenvalue weighted by Crippen LogP contribution is 2.26. The second kappa shape index (κ2) is 5.81. The maximum absolute atomic E-state index is 11.0. The van der Waals surface area contributed by atoms with Crippen LogP contribution in [-0.2, 0) is 6.54 Å². The number of hydrogen-bond donors (Lipinski definition) is 0. The average molecular weight is 307 g/mol. The first kappa shape index (κ1) is 14.6. The molecule has 0 saturated carbocycles. The summed E-state index contributed by atoms with van der Waals surface area (Å²) in [6, 6.07) is 14.0. The van der Waals surface area contributed by atoms with Crippen molar-refractivity contribution < 1.29 is 9.66 Å². The monoisotopic (exact) mass is 307 g/mol. The van der Waals surface area contributed by atoms with E-state index in [1.54, 1.807) is 31.4 Å². The van der Waals surface area contributed by atoms with E-state index in [4.69, 9.17) is 10.00 Å². The number of aromatic nitrogens is 1. The molecular formula is C17H13N3O3. The minimum atomic E-state index is -0.404. The van der Waals surface area contributed by atoms with E-state index in [-0.39, 0.29) is 5.69 Å². The Hall–Kier alpha value is -3.33. The van der Waals surface area contributed by atoms with Crippen molar-refractivity contribution in [3.05, 3.63) is 69.9 Å². The third kappa shape index (κ3) is 2.72. The highest BCUT2D eigenvalue weighted by molar-refractivity contribution is 5.82. The van der Waals surface area contributed by atoms with E-state index >= 15 is 0 Å². The number of methoxy groups -OCH3 is 1. The Morgan fingerprint density at radius 1 is 1.26 bits per heavy atom. The quantitative estimate of drug-likeness (QED) is 0.546. The molecule has 0 bridgehead atoms. The van der Waals surface area contributed by atoms with E-state index in [9.17, 15) is 10.1 Å². The van der Waals surface area contributed by atoms with Crippen LogP contribution in [0.1, 0.15) is 11.1 Å². The summed E-state index contributed by atoms with van der Waals surface area (Å²) < 4.78 is 7.26. The van der Waals surface area contributed by atoms with Gasteiger partial charge in [-0.25, -0.2) is 0 Å². The second-order valence-electron chi connectivity index (χ2n) is 5.08. The lowest BCUT2D eigenvalue weighted by Gasteiger charge is -2.11. The molecule has 0 aliphatic carbocycles. The molecule has 0 fully saturated rings. The van der Waals surface area contributed by atoms with E-state index < -0.39 is 4.92 Å². The zero-order valence-electron chi connectivity index (χ0n) is 12.4. The van der Waals surface area contributed by atoms with Gasteiger partial charge in [-0.2, -0.15) is 5.26 Å². The summed E-state index contributed by atoms with van der Waals surface area (Å²) in [5.41, 5.74) is 2.27. The lowest BCUT2D eigenvalue weighted by Crippen LogP contribution is -2.01. The van der Waals surface area contributed by atoms with Crippen molar-refractivity contribution in [3.8, 4) is 11.8 Å². The number of nitro benzene ring substituents is 1. The molecule has 2 aromatic carbocycles. The molecule has 0 saturated heterocycles. The smallest absolute Gasteiger partial charge is 0.271 e. The molecule has 1 heterocycles. The van der Waals surface area contributed by atoms with E-state index in [1.807, 2.05) is 22.9 Å². The van der Waals surface area contributed by atoms with Crippen molar-refractivity contribution in [1.29, 1.82) is 5.26 Å². The van der Waals surface area contributed by atoms with Crippen molar-refractivity contribution in [1.82, 2.24) is 4.57 Å². The Bertz CT molecular complexity index is 938. The molecule has 3 rings (SSSR count). The molecule has 0 amide bonds. The number of hydrogen-bond acceptors (Lipinski definition) is 4. The summed E-state index contributed by atoms with van der Waals surface area (Å²) in [6.07, 6.45) is 1.88. The number of nitrogens with zero attached hydrogens (tertiary/aromatic N) is 3. The summed E-state index contributed by atoms with van der Waals surface area (Å²) in [5.74, 6) is 0.622. The van der Waals surface area contributed by atoms with Gasteiger partial charge in [-0.3, -0.25) is 10.1 Å². The molecule has 0 spiro atoms. The van der Waals surface area contributed by atoms with E-state index in [0.717, 1.165) is 16.5 Å². The SMILES string of the molecule is COc1cc(C#N)ccc1Cn1ccc2ccc([N+](=O)[O-])cc21. The van der Waals surface area contributed by atoms with Crippen LogP contribution < -0.4 is 4.74 Å². The third-order valence-electron chi connectivity index (χ3n) is 3.73. The summed E-state index contributed by atoms with van der Waals surface area (Å²) in [4.78, 5) is 10.5. The first-order valence-electron chi connectivity index (χ1n) is 6.92. The first-order valence-corrected chi connectivity index (χ1v) is 6.92. The van der Waals surface area contributed by atoms with Gasteiger partial charge in [0, 0.05) is 29.3 Å². The largest absolute Gasteiger partial charge is 0.496 e. The van der Waals surface area contributed by atoms with Gasteiger partial charge in [-0.05, 0) is 24.3 Å². The van der Waals surface area contributed by atoms with Crippen molar-refractivity contribution >= 4 is 16.6 Å². The number of ether oxygens (including phenoxy) is 1. The van der Waals surface area contributed by atoms with Crippen LogP contribution in [-0.4, -0.2) is 16.6 Å². The average Bonchev–Trinajstić information content (AvgIpc) is 2.97. The lowest BCUT2D eigenvalue weighted by molar-refractivity contribution is -0.384. The highest BCUT2D eigenvalue weighted by Gasteiger charge is 2.11. The fourth-order valence-corrected chi connectivity index (χ4v) is 2.55. The zero-order valence-corrected chi connectivity index (χ0v) is 12.4. The Morgan fingerprint density at radius 3 is 2.78 bits per heavy atom. The standard InChI is InChI=1S/C17H13N3O3/c1-23-17-8-12(10-18)2-3-14(17)11-19-7-6-13-4-5-15(20(21)22)9-16(13)19/h2-9H,11H2,1H3. The van der Waals surface area contributed by atoms with Gasteiger partial charge in [0.1, 0.15) is 5.75 Å². The molecule has 23 heavy (non-hydrogen) atoms. The molecule has 0 radical (unpaired) electrons. The predicted molar refractivity (Wildman–Crippen MR) is 85.4 cm³/mol. The lowest BCUT2D eigenvalue weighted by atomic mass is 10.1. The van der Waals surface area contributed by atoms with Crippen LogP contribution in [0.25, 0.3) is 10.9 Å². The summed E-state index contributed by atoms with van der Waals surface area (Å²) in [6.45, 7) is 0.500. The van der Waals surface area contributed by atoms with E-state index in [2.05, 4.69) is 6.07 Å². The molecule has 6 heteroatoms. The molecule has 114 valence electrons. The van der Waals surface area contributed by atoms with E-state index in [1.165, 1.54) is 6.07 Å². The molecule has 3 aromatic rings. The van der Waals surface area contributed by atoms with Gasteiger partial charge in [0.25, 0.3) is 5.69 Å². The number of nitriles is 1. The number of fused-ring (bicyclic) bond motifs is 1. The van der Waals surface area contributed by atoms with Gasteiger partial charge in [0.05, 0.1) is 35.7 Å². The molecular weight excluding hydrogens is 294 g/mol. The van der Waals surface area contributed by atoms with Crippen molar-refractivity contribution in [2.75, 3.05) is 7.11 Å². The molecule has 1 aromatic heterocycles. The third-order valence-corrected chi connectivity index (χ3v) is 3.73. The minimum Gasteiger partial charge on any atom is -0.496 e. The number of rotatable bonds is 4. The van der Waals surface area contributed by atoms with Crippen LogP contribution in [0.15, 0.2) is 48.7 Å². The number of non-ortho nitro benzene ring substituents is 1. The zero-order chi connectivity index (χ0) is 16.4. The van der Waals surface area contributed by atoms with Crippen molar-refractivity contribution in [3.63, 3.8) is 0 Å². The molecule has 0 atom stereocenters. The Morgan fingerprint density at radius 2 is 2.09 bits per heavy atom. The van der Waals surface area contributed by atoms with Crippen LogP contribution in [0.5, 0.6) is 5.75 Å². The molecule has 0 N–H and O–H groups in total. The maximum atomic E-state index is 11.0. The van der Waals surface area contributed by atoms with Crippen molar-refractivity contribution in [2.24, 2.45) is 0 Å².